The van der Waals surface area contributed by atoms with Crippen molar-refractivity contribution in [3.8, 4) is 0 Å². The van der Waals surface area contributed by atoms with Gasteiger partial charge in [-0.05, 0) is 29.8 Å². The van der Waals surface area contributed by atoms with Crippen molar-refractivity contribution in [1.29, 1.82) is 0 Å². The lowest BCUT2D eigenvalue weighted by atomic mass is 10.1. The summed E-state index contributed by atoms with van der Waals surface area (Å²) in [5, 5.41) is 14.0. The quantitative estimate of drug-likeness (QED) is 0.311. The number of nitrogens with one attached hydrogen (secondary N) is 2. The minimum Gasteiger partial charge on any atom is -1.00 e. The lowest BCUT2D eigenvalue weighted by Crippen LogP contribution is -3.00. The van der Waals surface area contributed by atoms with Crippen LogP contribution < -0.4 is 27.6 Å². The largest absolute Gasteiger partial charge is 1.00 e. The Labute approximate surface area is 183 Å². The van der Waals surface area contributed by atoms with Gasteiger partial charge in [0.2, 0.25) is 5.91 Å². The van der Waals surface area contributed by atoms with Gasteiger partial charge in [0.25, 0.3) is 0 Å². The number of hydrogen-bond acceptors (Lipinski definition) is 5. The maximum Gasteiger partial charge on any atom is 0.408 e. The summed E-state index contributed by atoms with van der Waals surface area (Å²) in [6.07, 6.45) is 3.15. The van der Waals surface area contributed by atoms with Gasteiger partial charge in [-0.3, -0.25) is 9.59 Å². The van der Waals surface area contributed by atoms with Crippen molar-refractivity contribution in [2.45, 2.75) is 38.5 Å². The molecule has 0 bridgehead atoms. The summed E-state index contributed by atoms with van der Waals surface area (Å²) >= 11 is 0. The summed E-state index contributed by atoms with van der Waals surface area (Å²) in [5.74, 6) is -1.54. The molecule has 29 heavy (non-hydrogen) atoms. The second-order valence-electron chi connectivity index (χ2n) is 6.53. The van der Waals surface area contributed by atoms with E-state index in [1.165, 1.54) is 6.92 Å². The van der Waals surface area contributed by atoms with E-state index in [9.17, 15) is 24.3 Å². The predicted molar refractivity (Wildman–Crippen MR) is 107 cm³/mol. The Morgan fingerprint density at radius 2 is 1.72 bits per heavy atom. The first-order valence-corrected chi connectivity index (χ1v) is 11.0. The molecule has 162 valence electrons. The van der Waals surface area contributed by atoms with E-state index in [1.807, 2.05) is 30.7 Å². The molecule has 1 rings (SSSR count). The van der Waals surface area contributed by atoms with Crippen LogP contribution in [0.4, 0.5) is 4.79 Å². The van der Waals surface area contributed by atoms with E-state index in [1.54, 1.807) is 12.1 Å². The first-order chi connectivity index (χ1) is 13.2. The molecule has 0 aliphatic rings. The summed E-state index contributed by atoms with van der Waals surface area (Å²) in [4.78, 5) is 47.1. The molecular formula is C19H27BrN2O6S. The van der Waals surface area contributed by atoms with Crippen molar-refractivity contribution in [2.24, 2.45) is 0 Å². The molecule has 2 amide bonds. The number of benzene rings is 1. The molecule has 1 aromatic carbocycles. The molecule has 0 aliphatic heterocycles. The highest BCUT2D eigenvalue weighted by molar-refractivity contribution is 7.96. The second kappa shape index (κ2) is 14.0. The standard InChI is InChI=1S/C19H26N2O6S.BrH/c1-13(20-19(26)27-11-14-7-5-4-6-8-14)17(23)21-16(18(24)25)10-9-15(22)12-28(2)3;/h4-8,13,16H,9-12H2,1-3H3,(H2-,20,21,23,24,25,26);1H/t13-,16-;/m0./s1. The molecule has 0 fully saturated rings. The van der Waals surface area contributed by atoms with Gasteiger partial charge in [-0.1, -0.05) is 30.3 Å². The highest BCUT2D eigenvalue weighted by Crippen LogP contribution is 2.03. The predicted octanol–water partition coefficient (Wildman–Crippen LogP) is -1.90. The van der Waals surface area contributed by atoms with Crippen molar-refractivity contribution < 1.29 is 46.0 Å². The molecule has 8 nitrogen and oxygen atoms in total. The third kappa shape index (κ3) is 11.5. The Bertz CT molecular complexity index is 687. The van der Waals surface area contributed by atoms with Gasteiger partial charge in [-0.2, -0.15) is 0 Å². The molecule has 10 heteroatoms. The fraction of sp³-hybridized carbons (Fsp3) is 0.474. The number of ether oxygens (including phenoxy) is 1. The van der Waals surface area contributed by atoms with Crippen LogP contribution in [0.15, 0.2) is 30.3 Å². The van der Waals surface area contributed by atoms with Gasteiger partial charge in [0.05, 0.1) is 12.5 Å². The highest BCUT2D eigenvalue weighted by Gasteiger charge is 2.25. The van der Waals surface area contributed by atoms with Gasteiger partial charge in [-0.15, -0.1) is 0 Å². The molecule has 0 heterocycles. The summed E-state index contributed by atoms with van der Waals surface area (Å²) in [5.41, 5.74) is 0.798. The monoisotopic (exact) mass is 490 g/mol. The number of Topliss-reactive ketones (excluding diaryl/α,β-unsaturated/α-hetero) is 1. The van der Waals surface area contributed by atoms with Crippen LogP contribution in [0.3, 0.4) is 0 Å². The summed E-state index contributed by atoms with van der Waals surface area (Å²) < 4.78 is 5.03. The van der Waals surface area contributed by atoms with E-state index in [0.717, 1.165) is 5.56 Å². The van der Waals surface area contributed by atoms with Crippen molar-refractivity contribution in [1.82, 2.24) is 10.6 Å². The van der Waals surface area contributed by atoms with E-state index in [4.69, 9.17) is 4.74 Å². The Kier molecular flexibility index (Phi) is 13.0. The van der Waals surface area contributed by atoms with Crippen LogP contribution in [0.5, 0.6) is 0 Å². The summed E-state index contributed by atoms with van der Waals surface area (Å²) in [7, 11) is -0.0577. The van der Waals surface area contributed by atoms with E-state index < -0.39 is 30.1 Å². The van der Waals surface area contributed by atoms with E-state index in [2.05, 4.69) is 10.6 Å². The van der Waals surface area contributed by atoms with Crippen LogP contribution in [0.25, 0.3) is 0 Å². The molecule has 0 spiro atoms. The molecule has 0 saturated carbocycles. The molecule has 0 saturated heterocycles. The fourth-order valence-electron chi connectivity index (χ4n) is 2.26. The molecule has 1 aromatic rings. The van der Waals surface area contributed by atoms with Gasteiger partial charge in [0, 0.05) is 6.42 Å². The zero-order valence-electron chi connectivity index (χ0n) is 16.6. The van der Waals surface area contributed by atoms with Gasteiger partial charge in [-0.25, -0.2) is 9.59 Å². The number of aliphatic carboxylic acids is 1. The number of hydrogen-bond donors (Lipinski definition) is 3. The van der Waals surface area contributed by atoms with Crippen LogP contribution >= 0.6 is 0 Å². The van der Waals surface area contributed by atoms with Gasteiger partial charge in [0.15, 0.2) is 11.5 Å². The zero-order chi connectivity index (χ0) is 21.1. The lowest BCUT2D eigenvalue weighted by molar-refractivity contribution is -0.142. The number of ketones is 1. The van der Waals surface area contributed by atoms with Crippen molar-refractivity contribution in [3.63, 3.8) is 0 Å². The van der Waals surface area contributed by atoms with Gasteiger partial charge in [0.1, 0.15) is 18.7 Å². The average Bonchev–Trinajstić information content (AvgIpc) is 2.63. The van der Waals surface area contributed by atoms with Crippen molar-refractivity contribution in [2.75, 3.05) is 18.3 Å². The molecule has 0 aliphatic carbocycles. The Balaban J connectivity index is 0.00000784. The first-order valence-electron chi connectivity index (χ1n) is 8.75. The average molecular weight is 491 g/mol. The number of rotatable bonds is 11. The number of alkyl carbamates (subject to hydrolysis) is 1. The molecular weight excluding hydrogens is 464 g/mol. The minimum absolute atomic E-state index is 0. The van der Waals surface area contributed by atoms with Gasteiger partial charge >= 0.3 is 12.1 Å². The number of carboxylic acids is 1. The van der Waals surface area contributed by atoms with Crippen LogP contribution in [-0.4, -0.2) is 59.2 Å². The minimum atomic E-state index is -1.23. The smallest absolute Gasteiger partial charge is 0.408 e. The topological polar surface area (TPSA) is 122 Å². The third-order valence-electron chi connectivity index (χ3n) is 3.72. The van der Waals surface area contributed by atoms with Crippen LogP contribution in [0.2, 0.25) is 0 Å². The highest BCUT2D eigenvalue weighted by atomic mass is 79.9. The molecule has 0 radical (unpaired) electrons. The summed E-state index contributed by atoms with van der Waals surface area (Å²) in [6.45, 7) is 1.47. The number of amides is 2. The Morgan fingerprint density at radius 1 is 1.10 bits per heavy atom. The first kappa shape index (κ1) is 26.9. The lowest BCUT2D eigenvalue weighted by Gasteiger charge is -2.18. The van der Waals surface area contributed by atoms with E-state index >= 15 is 0 Å². The summed E-state index contributed by atoms with van der Waals surface area (Å²) in [6, 6.07) is 6.86. The van der Waals surface area contributed by atoms with Crippen LogP contribution in [0.1, 0.15) is 25.3 Å². The zero-order valence-corrected chi connectivity index (χ0v) is 19.0. The molecule has 2 atom stereocenters. The maximum atomic E-state index is 12.2. The molecule has 0 aromatic heterocycles. The number of carboxylic acid groups (broad SMARTS) is 1. The number of halogens is 1. The van der Waals surface area contributed by atoms with Crippen molar-refractivity contribution >= 4 is 34.6 Å². The van der Waals surface area contributed by atoms with E-state index in [0.29, 0.717) is 5.75 Å². The number of carbonyl (C=O) groups excluding carboxylic acids is 3. The Morgan fingerprint density at radius 3 is 2.28 bits per heavy atom. The third-order valence-corrected chi connectivity index (χ3v) is 4.62. The second-order valence-corrected chi connectivity index (χ2v) is 8.79. The van der Waals surface area contributed by atoms with Crippen LogP contribution in [0, 0.1) is 0 Å². The maximum absolute atomic E-state index is 12.2. The molecule has 0 unspecified atom stereocenters. The van der Waals surface area contributed by atoms with E-state index in [-0.39, 0.29) is 53.1 Å². The van der Waals surface area contributed by atoms with Gasteiger partial charge < -0.3 is 37.5 Å². The van der Waals surface area contributed by atoms with Crippen molar-refractivity contribution in [3.05, 3.63) is 35.9 Å². The van der Waals surface area contributed by atoms with Crippen LogP contribution in [-0.2, 0) is 36.6 Å². The molecule has 3 N–H and O–H groups in total. The Hall–Kier alpha value is -2.07. The SMILES string of the molecule is C[C@H](NC(=O)OCc1ccccc1)C(=O)N[C@@H](CCC(=O)C[S+](C)C)C(=O)O.[Br-]. The number of carbonyl (C=O) groups is 4. The fourth-order valence-corrected chi connectivity index (χ4v) is 3.05. The normalized spacial score (nSPS) is 12.3.